The van der Waals surface area contributed by atoms with E-state index in [4.69, 9.17) is 4.42 Å². The van der Waals surface area contributed by atoms with Gasteiger partial charge in [-0.3, -0.25) is 33.8 Å². The average molecular weight is 623 g/mol. The van der Waals surface area contributed by atoms with Gasteiger partial charge in [0.05, 0.1) is 42.9 Å². The summed E-state index contributed by atoms with van der Waals surface area (Å²) >= 11 is 0. The van der Waals surface area contributed by atoms with Crippen LogP contribution < -0.4 is 5.43 Å². The number of aliphatic carboxylic acids is 4. The van der Waals surface area contributed by atoms with Crippen molar-refractivity contribution in [2.24, 2.45) is 0 Å². The van der Waals surface area contributed by atoms with E-state index in [9.17, 15) is 59.4 Å². The maximum Gasteiger partial charge on any atom is 0.336 e. The maximum atomic E-state index is 13.2. The number of carboxylic acids is 5. The molecule has 0 saturated heterocycles. The highest BCUT2D eigenvalue weighted by molar-refractivity contribution is 6.08. The van der Waals surface area contributed by atoms with Gasteiger partial charge in [-0.1, -0.05) is 18.2 Å². The van der Waals surface area contributed by atoms with Gasteiger partial charge in [-0.2, -0.15) is 0 Å². The molecule has 2 aromatic rings. The van der Waals surface area contributed by atoms with Crippen molar-refractivity contribution in [1.29, 1.82) is 0 Å². The van der Waals surface area contributed by atoms with Crippen molar-refractivity contribution in [1.82, 2.24) is 9.80 Å². The van der Waals surface area contributed by atoms with Gasteiger partial charge in [0, 0.05) is 29.6 Å². The van der Waals surface area contributed by atoms with E-state index in [0.717, 1.165) is 15.9 Å². The van der Waals surface area contributed by atoms with Gasteiger partial charge in [-0.05, 0) is 35.9 Å². The molecule has 15 nitrogen and oxygen atoms in total. The van der Waals surface area contributed by atoms with Crippen molar-refractivity contribution < 1.29 is 59.0 Å². The number of benzene rings is 3. The summed E-state index contributed by atoms with van der Waals surface area (Å²) in [7, 11) is 0. The van der Waals surface area contributed by atoms with Crippen molar-refractivity contribution in [3.05, 3.63) is 75.4 Å². The minimum Gasteiger partial charge on any atom is -0.507 e. The fourth-order valence-electron chi connectivity index (χ4n) is 5.13. The zero-order chi connectivity index (χ0) is 33.0. The van der Waals surface area contributed by atoms with Crippen LogP contribution in [0.4, 0.5) is 0 Å². The Labute approximate surface area is 252 Å². The van der Waals surface area contributed by atoms with Crippen LogP contribution in [0.3, 0.4) is 0 Å². The third kappa shape index (κ3) is 7.23. The highest BCUT2D eigenvalue weighted by Gasteiger charge is 2.28. The fraction of sp³-hybridized carbons (Fsp3) is 0.200. The van der Waals surface area contributed by atoms with Gasteiger partial charge in [0.25, 0.3) is 0 Å². The Morgan fingerprint density at radius 2 is 1.18 bits per heavy atom. The Balaban J connectivity index is 2.11. The second-order valence-corrected chi connectivity index (χ2v) is 10.1. The van der Waals surface area contributed by atoms with Gasteiger partial charge < -0.3 is 35.1 Å². The number of rotatable bonds is 14. The predicted molar refractivity (Wildman–Crippen MR) is 154 cm³/mol. The zero-order valence-electron chi connectivity index (χ0n) is 23.3. The minimum atomic E-state index is -1.37. The molecule has 0 bridgehead atoms. The molecule has 1 heterocycles. The van der Waals surface area contributed by atoms with Gasteiger partial charge in [0.2, 0.25) is 0 Å². The minimum absolute atomic E-state index is 0.0823. The first kappa shape index (κ1) is 32.1. The van der Waals surface area contributed by atoms with Crippen molar-refractivity contribution in [2.75, 3.05) is 26.2 Å². The highest BCUT2D eigenvalue weighted by Crippen LogP contribution is 2.45. The Bertz CT molecular complexity index is 1830. The summed E-state index contributed by atoms with van der Waals surface area (Å²) < 4.78 is 6.20. The van der Waals surface area contributed by atoms with E-state index < -0.39 is 80.3 Å². The summed E-state index contributed by atoms with van der Waals surface area (Å²) in [6, 6.07) is 11.1. The van der Waals surface area contributed by atoms with E-state index in [2.05, 4.69) is 0 Å². The largest absolute Gasteiger partial charge is 0.507 e. The Morgan fingerprint density at radius 3 is 1.71 bits per heavy atom. The predicted octanol–water partition coefficient (Wildman–Crippen LogP) is 1.91. The van der Waals surface area contributed by atoms with Crippen LogP contribution in [0.5, 0.6) is 5.75 Å². The molecule has 45 heavy (non-hydrogen) atoms. The molecule has 0 aromatic heterocycles. The standard InChI is InChI=1S/C30H26N2O13/c33-21-7-5-17-27(15-3-1-2-4-16(15)30(43)44)18-6-8-22(34)20(10-32(13-25(39)40)14-26(41)42)29(18)45-28(17)19(21)9-31(11-23(35)36)12-24(37)38/h1-8,33H,9-14H2,(H,35,36)(H,37,38)(H,39,40)(H,41,42)(H,43,44). The van der Waals surface area contributed by atoms with Crippen LogP contribution in [0.1, 0.15) is 21.5 Å². The van der Waals surface area contributed by atoms with E-state index in [1.807, 2.05) is 0 Å². The lowest BCUT2D eigenvalue weighted by molar-refractivity contribution is -0.144. The first-order valence-electron chi connectivity index (χ1n) is 13.1. The van der Waals surface area contributed by atoms with Gasteiger partial charge in [-0.15, -0.1) is 0 Å². The lowest BCUT2D eigenvalue weighted by Crippen LogP contribution is -2.35. The monoisotopic (exact) mass is 622 g/mol. The summed E-state index contributed by atoms with van der Waals surface area (Å²) in [6.45, 7) is -3.96. The topological polar surface area (TPSA) is 243 Å². The van der Waals surface area contributed by atoms with Crippen LogP contribution in [0.15, 0.2) is 57.7 Å². The Morgan fingerprint density at radius 1 is 0.644 bits per heavy atom. The average Bonchev–Trinajstić information content (AvgIpc) is 2.93. The normalized spacial score (nSPS) is 11.3. The van der Waals surface area contributed by atoms with Crippen LogP contribution in [0, 0.1) is 0 Å². The number of fused-ring (bicyclic) bond motifs is 2. The first-order valence-corrected chi connectivity index (χ1v) is 13.1. The number of aromatic hydroxyl groups is 1. The van der Waals surface area contributed by atoms with Crippen molar-refractivity contribution in [3.8, 4) is 28.2 Å². The lowest BCUT2D eigenvalue weighted by Gasteiger charge is -2.24. The smallest absolute Gasteiger partial charge is 0.336 e. The van der Waals surface area contributed by atoms with Crippen LogP contribution in [-0.4, -0.2) is 96.5 Å². The quantitative estimate of drug-likeness (QED) is 0.110. The molecule has 0 atom stereocenters. The number of phenols is 1. The van der Waals surface area contributed by atoms with Gasteiger partial charge in [-0.25, -0.2) is 4.79 Å². The fourth-order valence-corrected chi connectivity index (χ4v) is 5.13. The Kier molecular flexibility index (Phi) is 9.45. The van der Waals surface area contributed by atoms with Crippen molar-refractivity contribution in [2.45, 2.75) is 13.1 Å². The summed E-state index contributed by atoms with van der Waals surface area (Å²) in [5, 5.41) is 58.5. The molecule has 0 amide bonds. The van der Waals surface area contributed by atoms with E-state index in [0.29, 0.717) is 0 Å². The summed E-state index contributed by atoms with van der Waals surface area (Å²) in [5.74, 6) is -7.36. The third-order valence-corrected chi connectivity index (χ3v) is 6.82. The number of hydrogen-bond donors (Lipinski definition) is 6. The summed E-state index contributed by atoms with van der Waals surface area (Å²) in [4.78, 5) is 73.4. The molecule has 0 unspecified atom stereocenters. The van der Waals surface area contributed by atoms with E-state index >= 15 is 0 Å². The molecular formula is C30H26N2O13. The molecular weight excluding hydrogens is 596 g/mol. The number of nitrogens with zero attached hydrogens (tertiary/aromatic N) is 2. The van der Waals surface area contributed by atoms with Gasteiger partial charge >= 0.3 is 29.8 Å². The summed E-state index contributed by atoms with van der Waals surface area (Å²) in [6.07, 6.45) is 0. The molecule has 0 saturated carbocycles. The lowest BCUT2D eigenvalue weighted by atomic mass is 9.88. The van der Waals surface area contributed by atoms with Crippen LogP contribution in [0.25, 0.3) is 33.4 Å². The number of carboxylic acid groups (broad SMARTS) is 5. The van der Waals surface area contributed by atoms with E-state index in [1.165, 1.54) is 36.4 Å². The summed E-state index contributed by atoms with van der Waals surface area (Å²) in [5.41, 5.74) is -0.631. The third-order valence-electron chi connectivity index (χ3n) is 6.82. The van der Waals surface area contributed by atoms with Gasteiger partial charge in [0.1, 0.15) is 17.1 Å². The molecule has 0 radical (unpaired) electrons. The first-order chi connectivity index (χ1) is 21.3. The second-order valence-electron chi connectivity index (χ2n) is 10.1. The molecule has 2 aliphatic rings. The number of carbonyl (C=O) groups is 5. The molecule has 1 aliphatic heterocycles. The van der Waals surface area contributed by atoms with Gasteiger partial charge in [0.15, 0.2) is 5.43 Å². The highest BCUT2D eigenvalue weighted by atomic mass is 16.4. The molecule has 4 rings (SSSR count). The SMILES string of the molecule is O=C(O)CN(CC(=O)O)Cc1c2oc3c(CN(CC(=O)O)CC(=O)O)c(O)ccc3c(-c3ccccc3C(=O)O)c-2ccc1=O. The van der Waals surface area contributed by atoms with Crippen LogP contribution in [-0.2, 0) is 32.3 Å². The Hall–Kier alpha value is -5.80. The van der Waals surface area contributed by atoms with E-state index in [1.54, 1.807) is 6.07 Å². The van der Waals surface area contributed by atoms with Crippen molar-refractivity contribution >= 4 is 40.8 Å². The second kappa shape index (κ2) is 13.2. The molecule has 0 spiro atoms. The van der Waals surface area contributed by atoms with Crippen LogP contribution >= 0.6 is 0 Å². The zero-order valence-corrected chi connectivity index (χ0v) is 23.3. The molecule has 2 aromatic carbocycles. The molecule has 1 aliphatic carbocycles. The molecule has 0 fully saturated rings. The van der Waals surface area contributed by atoms with Crippen LogP contribution in [0.2, 0.25) is 0 Å². The molecule has 234 valence electrons. The van der Waals surface area contributed by atoms with E-state index in [-0.39, 0.29) is 50.1 Å². The molecule has 15 heteroatoms. The number of hydrogen-bond acceptors (Lipinski definition) is 10. The molecule has 6 N–H and O–H groups in total. The number of aromatic carboxylic acids is 1. The van der Waals surface area contributed by atoms with Crippen molar-refractivity contribution in [3.63, 3.8) is 0 Å². The maximum absolute atomic E-state index is 13.2. The number of phenolic OH excluding ortho intramolecular Hbond substituents is 1.